The van der Waals surface area contributed by atoms with Crippen LogP contribution >= 0.6 is 0 Å². The van der Waals surface area contributed by atoms with Gasteiger partial charge in [-0.25, -0.2) is 4.79 Å². The van der Waals surface area contributed by atoms with Gasteiger partial charge in [-0.2, -0.15) is 0 Å². The highest BCUT2D eigenvalue weighted by molar-refractivity contribution is 6.48. The van der Waals surface area contributed by atoms with Crippen molar-refractivity contribution < 1.29 is 29.5 Å². The largest absolute Gasteiger partial charge is 0.482 e. The first-order chi connectivity index (χ1) is 17.7. The molecule has 2 aromatic rings. The van der Waals surface area contributed by atoms with Crippen LogP contribution in [0.5, 0.6) is 0 Å². The Morgan fingerprint density at radius 1 is 1.32 bits per heavy atom. The van der Waals surface area contributed by atoms with Gasteiger partial charge in [-0.05, 0) is 67.6 Å². The fourth-order valence-corrected chi connectivity index (χ4v) is 7.10. The van der Waals surface area contributed by atoms with E-state index in [1.807, 2.05) is 24.3 Å². The van der Waals surface area contributed by atoms with Gasteiger partial charge in [-0.1, -0.05) is 38.6 Å². The third-order valence-electron chi connectivity index (χ3n) is 9.61. The summed E-state index contributed by atoms with van der Waals surface area (Å²) in [5.41, 5.74) is 1.61. The number of hydrogen-bond donors (Lipinski definition) is 1. The number of carbonyl (C=O) groups is 2. The Morgan fingerprint density at radius 3 is 2.86 bits per heavy atom. The monoisotopic (exact) mass is 508 g/mol. The van der Waals surface area contributed by atoms with Crippen molar-refractivity contribution in [2.45, 2.75) is 70.1 Å². The van der Waals surface area contributed by atoms with E-state index >= 15 is 0 Å². The normalized spacial score (nSPS) is 32.2. The fraction of sp³-hybridized carbons (Fsp3) is 0.571. The topological polar surface area (TPSA) is 90.2 Å². The average molecular weight is 508 g/mol. The molecule has 3 heterocycles. The number of nitrogens with zero attached hydrogens (tertiary/aromatic N) is 1. The zero-order chi connectivity index (χ0) is 25.9. The van der Waals surface area contributed by atoms with Gasteiger partial charge in [0.1, 0.15) is 12.2 Å². The van der Waals surface area contributed by atoms with Crippen LogP contribution in [0.4, 0.5) is 4.79 Å². The zero-order valence-electron chi connectivity index (χ0n) is 21.8. The van der Waals surface area contributed by atoms with Crippen molar-refractivity contribution in [3.05, 3.63) is 48.7 Å². The quantitative estimate of drug-likeness (QED) is 0.441. The second-order valence-electron chi connectivity index (χ2n) is 11.8. The van der Waals surface area contributed by atoms with Crippen LogP contribution in [0.3, 0.4) is 0 Å². The van der Waals surface area contributed by atoms with E-state index < -0.39 is 19.2 Å². The number of nitrogens with one attached hydrogen (secondary N) is 1. The Hall–Kier alpha value is -2.78. The molecule has 7 rings (SSSR count). The van der Waals surface area contributed by atoms with Gasteiger partial charge < -0.3 is 28.7 Å². The summed E-state index contributed by atoms with van der Waals surface area (Å²) in [4.78, 5) is 26.6. The average Bonchev–Trinajstić information content (AvgIpc) is 3.43. The second kappa shape index (κ2) is 8.91. The lowest BCUT2D eigenvalue weighted by Crippen LogP contribution is -2.65. The van der Waals surface area contributed by atoms with E-state index in [2.05, 4.69) is 32.7 Å². The molecule has 2 saturated heterocycles. The molecule has 37 heavy (non-hydrogen) atoms. The highest BCUT2D eigenvalue weighted by atomic mass is 16.7. The van der Waals surface area contributed by atoms with Crippen LogP contribution in [-0.2, 0) is 25.3 Å². The number of hydrogen-bond acceptors (Lipinski definition) is 6. The number of fused-ring (bicyclic) bond motifs is 1. The Kier molecular flexibility index (Phi) is 5.91. The van der Waals surface area contributed by atoms with Gasteiger partial charge >= 0.3 is 13.2 Å². The van der Waals surface area contributed by atoms with Crippen LogP contribution in [-0.4, -0.2) is 60.9 Å². The van der Waals surface area contributed by atoms with Gasteiger partial charge in [0.15, 0.2) is 0 Å². The van der Waals surface area contributed by atoms with E-state index in [4.69, 9.17) is 18.5 Å². The summed E-state index contributed by atoms with van der Waals surface area (Å²) in [7, 11) is -0.603. The van der Waals surface area contributed by atoms with Crippen LogP contribution in [0.1, 0.15) is 47.0 Å². The summed E-state index contributed by atoms with van der Waals surface area (Å²) in [5.74, 6) is 0.442. The number of rotatable bonds is 7. The summed E-state index contributed by atoms with van der Waals surface area (Å²) in [6, 6.07) is 7.73. The van der Waals surface area contributed by atoms with Crippen molar-refractivity contribution in [1.29, 1.82) is 0 Å². The molecule has 1 N–H and O–H groups in total. The molecular weight excluding hydrogens is 471 g/mol. The molecule has 198 valence electrons. The minimum absolute atomic E-state index is 0. The van der Waals surface area contributed by atoms with E-state index in [-0.39, 0.29) is 37.1 Å². The van der Waals surface area contributed by atoms with Gasteiger partial charge in [-0.3, -0.25) is 4.79 Å². The Labute approximate surface area is 219 Å². The third kappa shape index (κ3) is 3.98. The lowest BCUT2D eigenvalue weighted by molar-refractivity contribution is -0.199. The number of alkyl carbamates (subject to hydrolysis) is 1. The van der Waals surface area contributed by atoms with Crippen LogP contribution in [0.2, 0.25) is 0 Å². The number of likely N-dealkylation sites (tertiary alicyclic amines) is 1. The fourth-order valence-electron chi connectivity index (χ4n) is 7.10. The lowest BCUT2D eigenvalue weighted by atomic mass is 9.43. The SMILES string of the molecule is C=CC(=O)N1CC[C@@H]1COC(=O)N[C@@H](Cc1coc2ccccc12)B1O[C@@H]2C[C@@H]3CC(C3(C)C)[C@]2(C)O1.[HH]. The lowest BCUT2D eigenvalue weighted by Gasteiger charge is -2.64. The van der Waals surface area contributed by atoms with E-state index in [1.54, 1.807) is 11.2 Å². The number of furan rings is 1. The summed E-state index contributed by atoms with van der Waals surface area (Å²) >= 11 is 0. The maximum atomic E-state index is 13.0. The molecule has 3 aliphatic carbocycles. The predicted octanol–water partition coefficient (Wildman–Crippen LogP) is 4.37. The third-order valence-corrected chi connectivity index (χ3v) is 9.61. The van der Waals surface area contributed by atoms with Crippen LogP contribution in [0, 0.1) is 17.3 Å². The van der Waals surface area contributed by atoms with E-state index in [0.29, 0.717) is 24.8 Å². The molecule has 6 atom stereocenters. The van der Waals surface area contributed by atoms with Crippen molar-refractivity contribution in [2.75, 3.05) is 13.2 Å². The molecule has 0 spiro atoms. The van der Waals surface area contributed by atoms with Crippen LogP contribution in [0.15, 0.2) is 47.6 Å². The van der Waals surface area contributed by atoms with Crippen molar-refractivity contribution in [3.8, 4) is 0 Å². The molecule has 2 bridgehead atoms. The van der Waals surface area contributed by atoms with Gasteiger partial charge in [0.05, 0.1) is 30.0 Å². The zero-order valence-corrected chi connectivity index (χ0v) is 21.8. The Bertz CT molecular complexity index is 1230. The van der Waals surface area contributed by atoms with Gasteiger partial charge in [0.2, 0.25) is 5.91 Å². The molecule has 8 nitrogen and oxygen atoms in total. The first kappa shape index (κ1) is 24.6. The van der Waals surface area contributed by atoms with Crippen molar-refractivity contribution in [1.82, 2.24) is 10.2 Å². The molecule has 1 unspecified atom stereocenters. The molecule has 9 heteroatoms. The maximum Gasteiger partial charge on any atom is 0.482 e. The molecule has 5 aliphatic rings. The molecule has 0 radical (unpaired) electrons. The smallest absolute Gasteiger partial charge is 0.464 e. The minimum atomic E-state index is -0.603. The number of ether oxygens (including phenoxy) is 1. The number of amides is 2. The minimum Gasteiger partial charge on any atom is -0.464 e. The second-order valence-corrected chi connectivity index (χ2v) is 11.8. The van der Waals surface area contributed by atoms with Crippen molar-refractivity contribution >= 4 is 30.1 Å². The van der Waals surface area contributed by atoms with E-state index in [1.165, 1.54) is 6.08 Å². The number of para-hydroxylation sites is 1. The summed E-state index contributed by atoms with van der Waals surface area (Å²) in [6.45, 7) is 11.2. The highest BCUT2D eigenvalue weighted by Crippen LogP contribution is 2.65. The number of carbonyl (C=O) groups excluding carboxylic acids is 2. The first-order valence-electron chi connectivity index (χ1n) is 13.4. The molecule has 2 aliphatic heterocycles. The number of benzene rings is 1. The molecule has 2 amide bonds. The molecular formula is C28H37BN2O6. The molecule has 5 fully saturated rings. The molecule has 1 aromatic heterocycles. The first-order valence-corrected chi connectivity index (χ1v) is 13.4. The van der Waals surface area contributed by atoms with Crippen molar-refractivity contribution in [2.24, 2.45) is 17.3 Å². The van der Waals surface area contributed by atoms with Gasteiger partial charge in [0.25, 0.3) is 0 Å². The summed E-state index contributed by atoms with van der Waals surface area (Å²) in [6.07, 6.45) is 5.88. The van der Waals surface area contributed by atoms with Crippen LogP contribution in [0.25, 0.3) is 11.0 Å². The van der Waals surface area contributed by atoms with E-state index in [0.717, 1.165) is 35.8 Å². The van der Waals surface area contributed by atoms with Gasteiger partial charge in [-0.15, -0.1) is 0 Å². The Morgan fingerprint density at radius 2 is 2.14 bits per heavy atom. The Balaban J connectivity index is 0.00000294. The molecule has 1 aromatic carbocycles. The maximum absolute atomic E-state index is 13.0. The van der Waals surface area contributed by atoms with E-state index in [9.17, 15) is 9.59 Å². The standard InChI is InChI=1S/C28H35BN2O6.H2/c1-5-25(32)31-11-10-19(31)16-35-26(33)30-24(12-17-15-34-21-9-7-6-8-20(17)21)29-36-23-14-18-13-22(27(18,2)3)28(23,4)37-29;/h5-9,15,18-19,22-24H,1,10-14,16H2,2-4H3,(H,30,33);1H/t18-,19+,22?,23+,24-,28-;/m0./s1. The molecule has 3 saturated carbocycles. The summed E-state index contributed by atoms with van der Waals surface area (Å²) < 4.78 is 24.5. The van der Waals surface area contributed by atoms with Gasteiger partial charge in [0, 0.05) is 13.4 Å². The highest BCUT2D eigenvalue weighted by Gasteiger charge is 2.68. The predicted molar refractivity (Wildman–Crippen MR) is 141 cm³/mol. The van der Waals surface area contributed by atoms with Crippen molar-refractivity contribution in [3.63, 3.8) is 0 Å². The summed E-state index contributed by atoms with van der Waals surface area (Å²) in [5, 5.41) is 4.02. The van der Waals surface area contributed by atoms with Crippen LogP contribution < -0.4 is 5.32 Å².